The lowest BCUT2D eigenvalue weighted by atomic mass is 9.99. The van der Waals surface area contributed by atoms with Gasteiger partial charge in [0.2, 0.25) is 11.8 Å². The van der Waals surface area contributed by atoms with Gasteiger partial charge in [-0.1, -0.05) is 30.3 Å². The number of carbonyl (C=O) groups is 6. The minimum absolute atomic E-state index is 0.0571. The first-order chi connectivity index (χ1) is 34.1. The number of nitrogens with zero attached hydrogens (tertiary/aromatic N) is 5. The van der Waals surface area contributed by atoms with Crippen molar-refractivity contribution in [1.82, 2.24) is 30.0 Å². The first kappa shape index (κ1) is 52.2. The summed E-state index contributed by atoms with van der Waals surface area (Å²) in [5.41, 5.74) is 3.89. The van der Waals surface area contributed by atoms with Gasteiger partial charge in [-0.25, -0.2) is 9.97 Å². The Morgan fingerprint density at radius 2 is 1.47 bits per heavy atom. The van der Waals surface area contributed by atoms with Gasteiger partial charge in [-0.05, 0) is 55.5 Å². The fourth-order valence-corrected chi connectivity index (χ4v) is 8.88. The second-order valence-corrected chi connectivity index (χ2v) is 17.8. The number of hydrogen-bond acceptors (Lipinski definition) is 18. The number of Topliss-reactive ketones (excluding diaryl/α,β-unsaturated/α-hetero) is 2. The van der Waals surface area contributed by atoms with Crippen LogP contribution in [0.2, 0.25) is 0 Å². The molecule has 4 aliphatic rings. The Bertz CT molecular complexity index is 2260. The van der Waals surface area contributed by atoms with Crippen molar-refractivity contribution in [1.29, 1.82) is 0 Å². The van der Waals surface area contributed by atoms with Gasteiger partial charge in [0.1, 0.15) is 29.7 Å². The Morgan fingerprint density at radius 1 is 0.771 bits per heavy atom. The summed E-state index contributed by atoms with van der Waals surface area (Å²) in [5, 5.41) is 19.4. The monoisotopic (exact) mass is 970 g/mol. The number of ether oxygens (including phenoxy) is 5. The number of β-amino-alcohol motifs (C(OH)–C–C–N with tert-alkyl or cyclic N) is 1. The van der Waals surface area contributed by atoms with Gasteiger partial charge < -0.3 is 39.4 Å². The third-order valence-electron chi connectivity index (χ3n) is 12.6. The number of rotatable bonds is 32. The zero-order valence-electron chi connectivity index (χ0n) is 39.8. The van der Waals surface area contributed by atoms with E-state index in [0.717, 1.165) is 50.5 Å². The Morgan fingerprint density at radius 3 is 2.20 bits per heavy atom. The molecule has 4 amide bonds. The lowest BCUT2D eigenvalue weighted by Crippen LogP contribution is -2.54. The van der Waals surface area contributed by atoms with Crippen molar-refractivity contribution >= 4 is 46.7 Å². The van der Waals surface area contributed by atoms with Crippen LogP contribution in [0.5, 0.6) is 0 Å². The molecule has 7 rings (SSSR count). The molecule has 4 aliphatic heterocycles. The number of hydrogen-bond donors (Lipinski definition) is 4. The number of aromatic nitrogens is 2. The maximum Gasteiger partial charge on any atom is 0.264 e. The average Bonchev–Trinajstić information content (AvgIpc) is 3.60. The van der Waals surface area contributed by atoms with Crippen LogP contribution in [0, 0.1) is 0 Å². The number of fused-ring (bicyclic) bond motifs is 2. The molecule has 2 fully saturated rings. The zero-order valence-corrected chi connectivity index (χ0v) is 39.8. The molecule has 3 aromatic rings. The fourth-order valence-electron chi connectivity index (χ4n) is 8.88. The zero-order chi connectivity index (χ0) is 49.1. The second-order valence-electron chi connectivity index (χ2n) is 17.8. The molecule has 20 nitrogen and oxygen atoms in total. The number of aliphatic hydroxyl groups excluding tert-OH is 1. The lowest BCUT2D eigenvalue weighted by Gasteiger charge is -2.39. The van der Waals surface area contributed by atoms with Crippen LogP contribution < -0.4 is 16.0 Å². The summed E-state index contributed by atoms with van der Waals surface area (Å²) in [5.74, 6) is -1.53. The van der Waals surface area contributed by atoms with E-state index in [1.807, 2.05) is 6.07 Å². The summed E-state index contributed by atoms with van der Waals surface area (Å²) >= 11 is 0. The topological polar surface area (TPSA) is 240 Å². The molecule has 70 heavy (non-hydrogen) atoms. The SMILES string of the molecule is O=C(CCCN1CC(Nc2cc(C(=O)CC[C@@H](O)CN3CCc4ccccc4C3)ncn2)C1)CCOCCOCCOCCOCCOCCNc1cccc2c1C(=O)N(C1CCC(=O)NC1=O)C2=O. The van der Waals surface area contributed by atoms with Crippen LogP contribution in [0.25, 0.3) is 0 Å². The third-order valence-corrected chi connectivity index (χ3v) is 12.6. The van der Waals surface area contributed by atoms with E-state index in [2.05, 4.69) is 53.9 Å². The average molecular weight is 971 g/mol. The minimum Gasteiger partial charge on any atom is -0.392 e. The summed E-state index contributed by atoms with van der Waals surface area (Å²) in [6.07, 6.45) is 4.18. The maximum absolute atomic E-state index is 13.2. The number of amides is 4. The predicted octanol–water partition coefficient (Wildman–Crippen LogP) is 2.29. The summed E-state index contributed by atoms with van der Waals surface area (Å²) in [6.45, 7) is 8.91. The van der Waals surface area contributed by atoms with E-state index in [0.29, 0.717) is 116 Å². The highest BCUT2D eigenvalue weighted by molar-refractivity contribution is 6.25. The molecule has 2 saturated heterocycles. The Labute approximate surface area is 408 Å². The van der Waals surface area contributed by atoms with Crippen LogP contribution in [0.15, 0.2) is 54.9 Å². The Hall–Kier alpha value is -5.58. The highest BCUT2D eigenvalue weighted by atomic mass is 16.6. The molecular formula is C50H66N8O12. The van der Waals surface area contributed by atoms with Gasteiger partial charge >= 0.3 is 0 Å². The number of carbonyl (C=O) groups excluding carboxylic acids is 6. The summed E-state index contributed by atoms with van der Waals surface area (Å²) in [7, 11) is 0. The maximum atomic E-state index is 13.2. The van der Waals surface area contributed by atoms with Gasteiger partial charge in [0, 0.05) is 76.7 Å². The van der Waals surface area contributed by atoms with E-state index in [4.69, 9.17) is 23.7 Å². The number of imide groups is 2. The number of piperidine rings is 1. The number of nitrogens with one attached hydrogen (secondary N) is 3. The molecule has 0 saturated carbocycles. The van der Waals surface area contributed by atoms with Crippen LogP contribution in [-0.4, -0.2) is 188 Å². The minimum atomic E-state index is -1.02. The van der Waals surface area contributed by atoms with Crippen molar-refractivity contribution in [2.45, 2.75) is 76.1 Å². The van der Waals surface area contributed by atoms with Crippen molar-refractivity contribution in [2.75, 3.05) is 116 Å². The van der Waals surface area contributed by atoms with E-state index < -0.39 is 35.8 Å². The standard InChI is InChI=1S/C50H66N8O12/c59-38(7-4-17-56-31-37(32-56)54-45-29-42(52-34-53-45)44(61)12-10-39(60)33-57-18-14-35-5-1-2-6-36(35)30-57)15-19-66-21-23-68-25-27-70-28-26-69-24-22-67-20-16-51-41-9-3-8-40-47(41)50(65)58(49(40)64)43-11-13-46(62)55-48(43)63/h1-3,5-6,8-9,29,34,37,39,43,51,60H,4,7,10-28,30-33H2,(H,52,53,54)(H,55,62,63)/t39-,43?/m1/s1. The van der Waals surface area contributed by atoms with E-state index in [1.54, 1.807) is 24.3 Å². The van der Waals surface area contributed by atoms with Gasteiger partial charge in [-0.15, -0.1) is 0 Å². The normalized spacial score (nSPS) is 17.8. The fraction of sp³-hybridized carbons (Fsp3) is 0.560. The van der Waals surface area contributed by atoms with Crippen molar-refractivity contribution < 1.29 is 57.6 Å². The van der Waals surface area contributed by atoms with E-state index in [-0.39, 0.29) is 48.0 Å². The molecule has 2 aromatic carbocycles. The molecule has 1 aromatic heterocycles. The first-order valence-corrected chi connectivity index (χ1v) is 24.4. The Kier molecular flexibility index (Phi) is 20.3. The molecule has 20 heteroatoms. The number of likely N-dealkylation sites (tertiary alicyclic amines) is 1. The number of aliphatic hydroxyl groups is 1. The van der Waals surface area contributed by atoms with E-state index in [9.17, 15) is 33.9 Å². The van der Waals surface area contributed by atoms with Crippen molar-refractivity contribution in [2.24, 2.45) is 0 Å². The van der Waals surface area contributed by atoms with Crippen molar-refractivity contribution in [3.8, 4) is 0 Å². The number of ketones is 2. The van der Waals surface area contributed by atoms with Gasteiger partial charge in [0.05, 0.1) is 89.3 Å². The molecule has 0 aliphatic carbocycles. The number of benzene rings is 2. The van der Waals surface area contributed by atoms with E-state index >= 15 is 0 Å². The third kappa shape index (κ3) is 15.5. The Balaban J connectivity index is 0.615. The first-order valence-electron chi connectivity index (χ1n) is 24.4. The quantitative estimate of drug-likeness (QED) is 0.0399. The lowest BCUT2D eigenvalue weighted by molar-refractivity contribution is -0.136. The van der Waals surface area contributed by atoms with Gasteiger partial charge in [-0.2, -0.15) is 0 Å². The molecule has 2 atom stereocenters. The van der Waals surface area contributed by atoms with Crippen LogP contribution in [0.1, 0.15) is 87.3 Å². The summed E-state index contributed by atoms with van der Waals surface area (Å²) < 4.78 is 27.8. The molecule has 5 heterocycles. The molecule has 0 spiro atoms. The summed E-state index contributed by atoms with van der Waals surface area (Å²) in [4.78, 5) is 89.4. The summed E-state index contributed by atoms with van der Waals surface area (Å²) in [6, 6.07) is 14.2. The molecule has 0 radical (unpaired) electrons. The molecule has 0 bridgehead atoms. The molecule has 4 N–H and O–H groups in total. The van der Waals surface area contributed by atoms with Gasteiger partial charge in [-0.3, -0.25) is 48.8 Å². The van der Waals surface area contributed by atoms with Crippen molar-refractivity contribution in [3.05, 3.63) is 82.8 Å². The molecule has 1 unspecified atom stereocenters. The van der Waals surface area contributed by atoms with Crippen LogP contribution >= 0.6 is 0 Å². The van der Waals surface area contributed by atoms with Gasteiger partial charge in [0.15, 0.2) is 5.78 Å². The van der Waals surface area contributed by atoms with Crippen LogP contribution in [0.3, 0.4) is 0 Å². The molecular weight excluding hydrogens is 905 g/mol. The second kappa shape index (κ2) is 27.1. The largest absolute Gasteiger partial charge is 0.392 e. The molecule has 378 valence electrons. The van der Waals surface area contributed by atoms with Crippen LogP contribution in [0.4, 0.5) is 11.5 Å². The van der Waals surface area contributed by atoms with Gasteiger partial charge in [0.25, 0.3) is 11.8 Å². The smallest absolute Gasteiger partial charge is 0.264 e. The highest BCUT2D eigenvalue weighted by Crippen LogP contribution is 2.32. The predicted molar refractivity (Wildman–Crippen MR) is 255 cm³/mol. The highest BCUT2D eigenvalue weighted by Gasteiger charge is 2.45. The van der Waals surface area contributed by atoms with Crippen molar-refractivity contribution in [3.63, 3.8) is 0 Å². The number of anilines is 2. The van der Waals surface area contributed by atoms with E-state index in [1.165, 1.54) is 17.5 Å². The van der Waals surface area contributed by atoms with Crippen LogP contribution in [-0.2, 0) is 51.0 Å².